The lowest BCUT2D eigenvalue weighted by molar-refractivity contribution is 0.382. The molecule has 0 aliphatic rings. The molecule has 0 radical (unpaired) electrons. The predicted octanol–water partition coefficient (Wildman–Crippen LogP) is 4.50. The highest BCUT2D eigenvalue weighted by atomic mass is 79.9. The van der Waals surface area contributed by atoms with E-state index in [-0.39, 0.29) is 0 Å². The van der Waals surface area contributed by atoms with Crippen molar-refractivity contribution in [3.63, 3.8) is 0 Å². The molecule has 0 bridgehead atoms. The number of hydrogen-bond acceptors (Lipinski definition) is 0. The van der Waals surface area contributed by atoms with Gasteiger partial charge in [0.1, 0.15) is 5.82 Å². The van der Waals surface area contributed by atoms with Crippen molar-refractivity contribution < 1.29 is 48.3 Å². The normalized spacial score (nSPS) is 11.2. The van der Waals surface area contributed by atoms with E-state index in [2.05, 4.69) is 15.9 Å². The van der Waals surface area contributed by atoms with E-state index in [1.54, 1.807) is 0 Å². The molecule has 0 heterocycles. The largest absolute Gasteiger partial charge is 0.262 e. The first-order chi connectivity index (χ1) is 14.4. The average Bonchev–Trinajstić information content (AvgIpc) is 2.73. The number of halogens is 12. The van der Waals surface area contributed by atoms with Crippen LogP contribution in [0.25, 0.3) is 0 Å². The summed E-state index contributed by atoms with van der Waals surface area (Å²) < 4.78 is 154. The third-order valence-electron chi connectivity index (χ3n) is 4.35. The molecule has 0 aromatic heterocycles. The molecule has 0 atom stereocenters. The molecule has 0 unspecified atom stereocenters. The predicted molar refractivity (Wildman–Crippen MR) is 91.2 cm³/mol. The van der Waals surface area contributed by atoms with E-state index >= 15 is 0 Å². The number of rotatable bonds is 3. The summed E-state index contributed by atoms with van der Waals surface area (Å²) in [6.45, 7) is -2.97. The molecule has 0 nitrogen and oxygen atoms in total. The Labute approximate surface area is 174 Å². The molecule has 0 amide bonds. The van der Waals surface area contributed by atoms with Crippen LogP contribution in [0.3, 0.4) is 0 Å². The lowest BCUT2D eigenvalue weighted by Gasteiger charge is -2.21. The zero-order chi connectivity index (χ0) is 23.4. The summed E-state index contributed by atoms with van der Waals surface area (Å²) in [5.41, 5.74) is -5.19. The third kappa shape index (κ3) is 3.48. The van der Waals surface area contributed by atoms with Gasteiger partial charge in [0.15, 0.2) is 58.2 Å². The summed E-state index contributed by atoms with van der Waals surface area (Å²) in [5.74, 6) is -27.7. The summed E-state index contributed by atoms with van der Waals surface area (Å²) in [6.07, 6.45) is 0. The highest BCUT2D eigenvalue weighted by Gasteiger charge is 2.42. The average molecular weight is 519 g/mol. The van der Waals surface area contributed by atoms with Gasteiger partial charge in [-0.25, -0.2) is 48.3 Å². The van der Waals surface area contributed by atoms with Gasteiger partial charge >= 0.3 is 0 Å². The fourth-order valence-electron chi connectivity index (χ4n) is 2.97. The first kappa shape index (κ1) is 23.1. The summed E-state index contributed by atoms with van der Waals surface area (Å²) in [4.78, 5) is 0. The van der Waals surface area contributed by atoms with E-state index in [1.165, 1.54) is 0 Å². The minimum atomic E-state index is -2.97. The highest BCUT2D eigenvalue weighted by molar-refractivity contribution is 9.10. The molecule has 0 fully saturated rings. The van der Waals surface area contributed by atoms with Crippen LogP contribution in [0, 0.1) is 64.0 Å². The van der Waals surface area contributed by atoms with Crippen molar-refractivity contribution in [3.8, 4) is 0 Å². The topological polar surface area (TPSA) is 0 Å². The molecule has 0 aliphatic heterocycles. The van der Waals surface area contributed by atoms with E-state index in [0.717, 1.165) is 12.1 Å². The number of hydrogen-bond donors (Lipinski definition) is 0. The second-order valence-corrected chi connectivity index (χ2v) is 6.89. The SMILES string of the molecule is Fc1cccc(Br)c1B(c1c(F)c(F)c(F)c(F)c1F)c1c(F)c(F)c(F)c(F)c1F. The summed E-state index contributed by atoms with van der Waals surface area (Å²) in [5, 5.41) is 0. The van der Waals surface area contributed by atoms with Crippen molar-refractivity contribution in [2.45, 2.75) is 0 Å². The molecule has 3 aromatic carbocycles. The van der Waals surface area contributed by atoms with Crippen LogP contribution in [-0.2, 0) is 0 Å². The Kier molecular flexibility index (Phi) is 6.09. The van der Waals surface area contributed by atoms with Crippen LogP contribution in [0.4, 0.5) is 48.3 Å². The van der Waals surface area contributed by atoms with Crippen molar-refractivity contribution in [2.75, 3.05) is 0 Å². The lowest BCUT2D eigenvalue weighted by atomic mass is 9.36. The van der Waals surface area contributed by atoms with E-state index < -0.39 is 91.6 Å². The Morgan fingerprint density at radius 2 is 0.774 bits per heavy atom. The lowest BCUT2D eigenvalue weighted by Crippen LogP contribution is -2.59. The molecular formula is C18H3BBrF11. The standard InChI is InChI=1S/C18H3BBrF11/c20-4-2-1-3-5(21)6(4)19(7-9(22)13(26)17(30)14(27)10(7)23)8-11(24)15(28)18(31)16(29)12(8)25/h1-3H. The minimum Gasteiger partial charge on any atom is -0.208 e. The van der Waals surface area contributed by atoms with Gasteiger partial charge < -0.3 is 0 Å². The van der Waals surface area contributed by atoms with Gasteiger partial charge in [-0.1, -0.05) is 22.0 Å². The molecule has 0 saturated heterocycles. The van der Waals surface area contributed by atoms with Gasteiger partial charge in [-0.05, 0) is 17.6 Å². The van der Waals surface area contributed by atoms with Gasteiger partial charge in [0.25, 0.3) is 6.71 Å². The third-order valence-corrected chi connectivity index (χ3v) is 5.04. The van der Waals surface area contributed by atoms with Gasteiger partial charge in [0, 0.05) is 15.4 Å². The summed E-state index contributed by atoms with van der Waals surface area (Å²) >= 11 is 2.69. The first-order valence-corrected chi connectivity index (χ1v) is 8.67. The minimum absolute atomic E-state index is 0.523. The van der Waals surface area contributed by atoms with Crippen molar-refractivity contribution in [3.05, 3.63) is 86.7 Å². The fraction of sp³-hybridized carbons (Fsp3) is 0. The molecule has 162 valence electrons. The van der Waals surface area contributed by atoms with Gasteiger partial charge in [0.2, 0.25) is 0 Å². The van der Waals surface area contributed by atoms with Crippen molar-refractivity contribution >= 4 is 39.0 Å². The van der Waals surface area contributed by atoms with Crippen LogP contribution >= 0.6 is 15.9 Å². The molecular weight excluding hydrogens is 516 g/mol. The Hall–Kier alpha value is -2.57. The maximum Gasteiger partial charge on any atom is 0.262 e. The fourth-order valence-corrected chi connectivity index (χ4v) is 3.54. The Bertz CT molecular complexity index is 1080. The van der Waals surface area contributed by atoms with E-state index in [9.17, 15) is 48.3 Å². The van der Waals surface area contributed by atoms with Crippen molar-refractivity contribution in [1.29, 1.82) is 0 Å². The maximum absolute atomic E-state index is 14.5. The van der Waals surface area contributed by atoms with Crippen LogP contribution in [0.1, 0.15) is 0 Å². The maximum atomic E-state index is 14.5. The van der Waals surface area contributed by atoms with Crippen LogP contribution in [-0.4, -0.2) is 6.71 Å². The second-order valence-electron chi connectivity index (χ2n) is 6.04. The smallest absolute Gasteiger partial charge is 0.208 e. The second kappa shape index (κ2) is 8.17. The molecule has 3 rings (SSSR count). The van der Waals surface area contributed by atoms with E-state index in [0.29, 0.717) is 6.07 Å². The molecule has 3 aromatic rings. The van der Waals surface area contributed by atoms with Crippen LogP contribution in [0.5, 0.6) is 0 Å². The molecule has 31 heavy (non-hydrogen) atoms. The molecule has 0 saturated carbocycles. The Morgan fingerprint density at radius 3 is 1.10 bits per heavy atom. The molecule has 0 N–H and O–H groups in total. The van der Waals surface area contributed by atoms with Gasteiger partial charge in [0.05, 0.1) is 0 Å². The van der Waals surface area contributed by atoms with Gasteiger partial charge in [-0.3, -0.25) is 0 Å². The molecule has 0 aliphatic carbocycles. The highest BCUT2D eigenvalue weighted by Crippen LogP contribution is 2.22. The van der Waals surface area contributed by atoms with Gasteiger partial charge in [-0.15, -0.1) is 0 Å². The Balaban J connectivity index is 2.59. The quantitative estimate of drug-likeness (QED) is 0.207. The van der Waals surface area contributed by atoms with Crippen molar-refractivity contribution in [2.24, 2.45) is 0 Å². The monoisotopic (exact) mass is 518 g/mol. The molecule has 0 spiro atoms. The van der Waals surface area contributed by atoms with Gasteiger partial charge in [-0.2, -0.15) is 0 Å². The molecule has 13 heteroatoms. The van der Waals surface area contributed by atoms with Crippen LogP contribution in [0.15, 0.2) is 22.7 Å². The van der Waals surface area contributed by atoms with Crippen LogP contribution in [0.2, 0.25) is 0 Å². The number of benzene rings is 3. The Morgan fingerprint density at radius 1 is 0.452 bits per heavy atom. The summed E-state index contributed by atoms with van der Waals surface area (Å²) in [6, 6.07) is 2.51. The van der Waals surface area contributed by atoms with Crippen LogP contribution < -0.4 is 16.4 Å². The van der Waals surface area contributed by atoms with E-state index in [4.69, 9.17) is 0 Å². The zero-order valence-corrected chi connectivity index (χ0v) is 15.9. The first-order valence-electron chi connectivity index (χ1n) is 7.88. The zero-order valence-electron chi connectivity index (χ0n) is 14.3. The van der Waals surface area contributed by atoms with Crippen molar-refractivity contribution in [1.82, 2.24) is 0 Å². The summed E-state index contributed by atoms with van der Waals surface area (Å²) in [7, 11) is 0. The van der Waals surface area contributed by atoms with E-state index in [1.807, 2.05) is 0 Å².